The standard InChI is InChI=1S/C24H30O5/c1-17(23(25)15-21-11-7-5-8-12-21)27-19(3)29-20(4)28-18(2)24(26)16-22-13-9-6-10-14-22/h5-14,17-20H,15-16H2,1-4H3. The zero-order valence-corrected chi connectivity index (χ0v) is 17.5. The molecule has 5 nitrogen and oxygen atoms in total. The van der Waals surface area contributed by atoms with Crippen LogP contribution >= 0.6 is 0 Å². The fraction of sp³-hybridized carbons (Fsp3) is 0.417. The predicted molar refractivity (Wildman–Crippen MR) is 111 cm³/mol. The molecule has 5 heteroatoms. The van der Waals surface area contributed by atoms with Crippen LogP contribution in [-0.2, 0) is 36.6 Å². The second kappa shape index (κ2) is 11.6. The number of carbonyl (C=O) groups excluding carboxylic acids is 2. The molecule has 0 bridgehead atoms. The molecule has 0 fully saturated rings. The molecule has 2 rings (SSSR count). The van der Waals surface area contributed by atoms with Crippen LogP contribution in [0.1, 0.15) is 38.8 Å². The summed E-state index contributed by atoms with van der Waals surface area (Å²) in [6, 6.07) is 19.1. The van der Waals surface area contributed by atoms with E-state index in [1.165, 1.54) is 0 Å². The fourth-order valence-corrected chi connectivity index (χ4v) is 2.94. The van der Waals surface area contributed by atoms with Crippen LogP contribution in [0.4, 0.5) is 0 Å². The van der Waals surface area contributed by atoms with Gasteiger partial charge in [-0.25, -0.2) is 0 Å². The van der Waals surface area contributed by atoms with Crippen LogP contribution in [0.2, 0.25) is 0 Å². The number of ketones is 2. The summed E-state index contributed by atoms with van der Waals surface area (Å²) in [6.45, 7) is 6.84. The van der Waals surface area contributed by atoms with Gasteiger partial charge in [0.2, 0.25) is 0 Å². The average Bonchev–Trinajstić information content (AvgIpc) is 2.69. The lowest BCUT2D eigenvalue weighted by Gasteiger charge is -2.24. The Kier molecular flexibility index (Phi) is 9.19. The molecule has 0 aromatic heterocycles. The Hall–Kier alpha value is -2.34. The third-order valence-corrected chi connectivity index (χ3v) is 4.52. The maximum Gasteiger partial charge on any atom is 0.165 e. The van der Waals surface area contributed by atoms with Crippen molar-refractivity contribution >= 4 is 11.6 Å². The zero-order valence-electron chi connectivity index (χ0n) is 17.5. The van der Waals surface area contributed by atoms with Crippen molar-refractivity contribution in [3.05, 3.63) is 71.8 Å². The quantitative estimate of drug-likeness (QED) is 0.503. The fourth-order valence-electron chi connectivity index (χ4n) is 2.94. The molecule has 29 heavy (non-hydrogen) atoms. The number of carbonyl (C=O) groups is 2. The summed E-state index contributed by atoms with van der Waals surface area (Å²) >= 11 is 0. The van der Waals surface area contributed by atoms with Gasteiger partial charge in [-0.3, -0.25) is 9.59 Å². The molecule has 0 saturated heterocycles. The number of rotatable bonds is 12. The maximum atomic E-state index is 12.3. The Labute approximate surface area is 173 Å². The summed E-state index contributed by atoms with van der Waals surface area (Å²) in [6.07, 6.45) is -1.87. The van der Waals surface area contributed by atoms with E-state index in [-0.39, 0.29) is 11.6 Å². The highest BCUT2D eigenvalue weighted by Gasteiger charge is 2.21. The van der Waals surface area contributed by atoms with E-state index in [2.05, 4.69) is 0 Å². The Balaban J connectivity index is 1.73. The first kappa shape index (κ1) is 22.9. The molecule has 0 saturated carbocycles. The van der Waals surface area contributed by atoms with Crippen LogP contribution < -0.4 is 0 Å². The summed E-state index contributed by atoms with van der Waals surface area (Å²) in [4.78, 5) is 24.6. The van der Waals surface area contributed by atoms with Crippen molar-refractivity contribution in [1.82, 2.24) is 0 Å². The van der Waals surface area contributed by atoms with Gasteiger partial charge in [0.25, 0.3) is 0 Å². The molecule has 2 aromatic rings. The molecule has 4 atom stereocenters. The summed E-state index contributed by atoms with van der Waals surface area (Å²) in [5.74, 6) is -0.0433. The number of hydrogen-bond donors (Lipinski definition) is 0. The van der Waals surface area contributed by atoms with Gasteiger partial charge in [0.1, 0.15) is 12.2 Å². The van der Waals surface area contributed by atoms with Gasteiger partial charge in [0.15, 0.2) is 24.1 Å². The Morgan fingerprint density at radius 2 is 0.966 bits per heavy atom. The van der Waals surface area contributed by atoms with Crippen LogP contribution in [-0.4, -0.2) is 36.4 Å². The van der Waals surface area contributed by atoms with Crippen molar-refractivity contribution in [3.8, 4) is 0 Å². The molecule has 0 N–H and O–H groups in total. The molecule has 4 unspecified atom stereocenters. The van der Waals surface area contributed by atoms with E-state index in [0.29, 0.717) is 12.8 Å². The molecule has 0 heterocycles. The van der Waals surface area contributed by atoms with Gasteiger partial charge in [-0.05, 0) is 38.8 Å². The van der Waals surface area contributed by atoms with Crippen molar-refractivity contribution in [2.45, 2.75) is 65.3 Å². The molecule has 0 amide bonds. The topological polar surface area (TPSA) is 61.8 Å². The zero-order chi connectivity index (χ0) is 21.2. The first-order valence-corrected chi connectivity index (χ1v) is 9.94. The van der Waals surface area contributed by atoms with E-state index >= 15 is 0 Å². The van der Waals surface area contributed by atoms with Gasteiger partial charge >= 0.3 is 0 Å². The van der Waals surface area contributed by atoms with Crippen molar-refractivity contribution < 1.29 is 23.8 Å². The van der Waals surface area contributed by atoms with Crippen LogP contribution in [0.3, 0.4) is 0 Å². The minimum atomic E-state index is -0.642. The highest BCUT2D eigenvalue weighted by molar-refractivity contribution is 5.85. The SMILES string of the molecule is CC(OC(C)OC(C)C(=O)Cc1ccccc1)OC(C)C(=O)Cc1ccccc1. The molecular weight excluding hydrogens is 368 g/mol. The molecule has 156 valence electrons. The first-order valence-electron chi connectivity index (χ1n) is 9.94. The molecule has 0 radical (unpaired) electrons. The third kappa shape index (κ3) is 8.28. The van der Waals surface area contributed by atoms with Crippen LogP contribution in [0.25, 0.3) is 0 Å². The van der Waals surface area contributed by atoms with Gasteiger partial charge in [0.05, 0.1) is 0 Å². The lowest BCUT2D eigenvalue weighted by Crippen LogP contribution is -2.33. The monoisotopic (exact) mass is 398 g/mol. The van der Waals surface area contributed by atoms with Crippen molar-refractivity contribution in [2.24, 2.45) is 0 Å². The Bertz CT molecular complexity index is 694. The van der Waals surface area contributed by atoms with E-state index in [4.69, 9.17) is 14.2 Å². The average molecular weight is 398 g/mol. The van der Waals surface area contributed by atoms with Crippen LogP contribution in [0.15, 0.2) is 60.7 Å². The largest absolute Gasteiger partial charge is 0.342 e. The van der Waals surface area contributed by atoms with E-state index in [1.54, 1.807) is 27.7 Å². The number of benzene rings is 2. The van der Waals surface area contributed by atoms with E-state index < -0.39 is 24.8 Å². The normalized spacial score (nSPS) is 15.3. The third-order valence-electron chi connectivity index (χ3n) is 4.52. The van der Waals surface area contributed by atoms with Gasteiger partial charge < -0.3 is 14.2 Å². The van der Waals surface area contributed by atoms with Gasteiger partial charge in [-0.1, -0.05) is 60.7 Å². The summed E-state index contributed by atoms with van der Waals surface area (Å²) < 4.78 is 17.0. The second-order valence-corrected chi connectivity index (χ2v) is 7.09. The lowest BCUT2D eigenvalue weighted by molar-refractivity contribution is -0.249. The number of Topliss-reactive ketones (excluding diaryl/α,β-unsaturated/α-hetero) is 2. The molecule has 0 spiro atoms. The minimum absolute atomic E-state index is 0.0216. The van der Waals surface area contributed by atoms with Gasteiger partial charge in [-0.2, -0.15) is 0 Å². The van der Waals surface area contributed by atoms with Crippen LogP contribution in [0.5, 0.6) is 0 Å². The molecule has 0 aliphatic heterocycles. The second-order valence-electron chi connectivity index (χ2n) is 7.09. The van der Waals surface area contributed by atoms with E-state index in [9.17, 15) is 9.59 Å². The molecule has 2 aromatic carbocycles. The first-order chi connectivity index (χ1) is 13.8. The van der Waals surface area contributed by atoms with Gasteiger partial charge in [-0.15, -0.1) is 0 Å². The van der Waals surface area contributed by atoms with Crippen LogP contribution in [0, 0.1) is 0 Å². The highest BCUT2D eigenvalue weighted by atomic mass is 16.8. The highest BCUT2D eigenvalue weighted by Crippen LogP contribution is 2.11. The number of hydrogen-bond acceptors (Lipinski definition) is 5. The molecular formula is C24H30O5. The summed E-state index contributed by atoms with van der Waals surface area (Å²) in [5.41, 5.74) is 1.90. The minimum Gasteiger partial charge on any atom is -0.342 e. The van der Waals surface area contributed by atoms with E-state index in [0.717, 1.165) is 11.1 Å². The van der Waals surface area contributed by atoms with Crippen molar-refractivity contribution in [3.63, 3.8) is 0 Å². The predicted octanol–water partition coefficient (Wildman–Crippen LogP) is 4.13. The maximum absolute atomic E-state index is 12.3. The van der Waals surface area contributed by atoms with Crippen molar-refractivity contribution in [2.75, 3.05) is 0 Å². The van der Waals surface area contributed by atoms with E-state index in [1.807, 2.05) is 60.7 Å². The Morgan fingerprint density at radius 1 is 0.621 bits per heavy atom. The molecule has 0 aliphatic rings. The molecule has 0 aliphatic carbocycles. The Morgan fingerprint density at radius 3 is 1.31 bits per heavy atom. The van der Waals surface area contributed by atoms with Crippen molar-refractivity contribution in [1.29, 1.82) is 0 Å². The summed E-state index contributed by atoms with van der Waals surface area (Å²) in [5, 5.41) is 0. The lowest BCUT2D eigenvalue weighted by atomic mass is 10.1. The number of ether oxygens (including phenoxy) is 3. The smallest absolute Gasteiger partial charge is 0.165 e. The summed E-state index contributed by atoms with van der Waals surface area (Å²) in [7, 11) is 0. The van der Waals surface area contributed by atoms with Gasteiger partial charge in [0, 0.05) is 12.8 Å².